The fourth-order valence-electron chi connectivity index (χ4n) is 3.69. The van der Waals surface area contributed by atoms with Crippen LogP contribution in [0.4, 0.5) is 5.00 Å². The number of thioether (sulfide) groups is 1. The Morgan fingerprint density at radius 2 is 2.17 bits per heavy atom. The molecule has 0 fully saturated rings. The third-order valence-corrected chi connectivity index (χ3v) is 7.11. The van der Waals surface area contributed by atoms with Crippen molar-refractivity contribution in [3.63, 3.8) is 0 Å². The van der Waals surface area contributed by atoms with Gasteiger partial charge in [-0.3, -0.25) is 14.0 Å². The number of nitrogens with two attached hydrogens (primary N) is 1. The normalized spacial score (nSPS) is 16.0. The van der Waals surface area contributed by atoms with Gasteiger partial charge in [-0.05, 0) is 50.7 Å². The van der Waals surface area contributed by atoms with Gasteiger partial charge in [0, 0.05) is 16.3 Å². The van der Waals surface area contributed by atoms with Gasteiger partial charge in [0.05, 0.1) is 11.3 Å². The first-order valence-electron chi connectivity index (χ1n) is 9.40. The van der Waals surface area contributed by atoms with E-state index in [1.54, 1.807) is 0 Å². The predicted molar refractivity (Wildman–Crippen MR) is 114 cm³/mol. The van der Waals surface area contributed by atoms with E-state index in [-0.39, 0.29) is 11.7 Å². The average Bonchev–Trinajstić information content (AvgIpc) is 3.20. The van der Waals surface area contributed by atoms with Crippen LogP contribution in [-0.2, 0) is 17.6 Å². The highest BCUT2D eigenvalue weighted by Crippen LogP contribution is 2.39. The van der Waals surface area contributed by atoms with Gasteiger partial charge in [-0.2, -0.15) is 0 Å². The molecule has 1 aliphatic carbocycles. The van der Waals surface area contributed by atoms with Crippen molar-refractivity contribution in [3.05, 3.63) is 33.5 Å². The van der Waals surface area contributed by atoms with Crippen LogP contribution in [0.25, 0.3) is 5.78 Å². The molecule has 0 unspecified atom stereocenters. The molecule has 0 spiro atoms. The minimum absolute atomic E-state index is 0.144. The summed E-state index contributed by atoms with van der Waals surface area (Å²) in [5, 5.41) is 12.3. The minimum Gasteiger partial charge on any atom is -0.365 e. The number of nitrogens with one attached hydrogen (secondary N) is 1. The maximum absolute atomic E-state index is 12.6. The monoisotopic (exact) mass is 430 g/mol. The van der Waals surface area contributed by atoms with Crippen LogP contribution in [0.1, 0.15) is 45.5 Å². The summed E-state index contributed by atoms with van der Waals surface area (Å²) < 4.78 is 1.82. The van der Waals surface area contributed by atoms with E-state index in [2.05, 4.69) is 27.4 Å². The van der Waals surface area contributed by atoms with Crippen molar-refractivity contribution >= 4 is 45.7 Å². The fraction of sp³-hybridized carbons (Fsp3) is 0.421. The van der Waals surface area contributed by atoms with Crippen LogP contribution >= 0.6 is 23.1 Å². The quantitative estimate of drug-likeness (QED) is 0.602. The molecule has 1 aliphatic rings. The van der Waals surface area contributed by atoms with Gasteiger partial charge in [0.2, 0.25) is 5.91 Å². The minimum atomic E-state index is -0.486. The third kappa shape index (κ3) is 3.86. The number of carbonyl (C=O) groups is 2. The maximum Gasteiger partial charge on any atom is 0.256 e. The lowest BCUT2D eigenvalue weighted by molar-refractivity contribution is -0.113. The van der Waals surface area contributed by atoms with E-state index in [1.165, 1.54) is 23.1 Å². The Bertz CT molecular complexity index is 1120. The molecule has 0 saturated heterocycles. The number of nitrogens with zero attached hydrogens (tertiary/aromatic N) is 4. The molecule has 152 valence electrons. The van der Waals surface area contributed by atoms with Gasteiger partial charge in [-0.1, -0.05) is 18.7 Å². The summed E-state index contributed by atoms with van der Waals surface area (Å²) in [7, 11) is 0. The lowest BCUT2D eigenvalue weighted by Crippen LogP contribution is -2.20. The molecular weight excluding hydrogens is 408 g/mol. The molecule has 29 heavy (non-hydrogen) atoms. The van der Waals surface area contributed by atoms with E-state index >= 15 is 0 Å². The van der Waals surface area contributed by atoms with Crippen LogP contribution in [0.3, 0.4) is 0 Å². The topological polar surface area (TPSA) is 115 Å². The first-order chi connectivity index (χ1) is 13.8. The summed E-state index contributed by atoms with van der Waals surface area (Å²) in [6.07, 6.45) is 2.77. The van der Waals surface area contributed by atoms with Gasteiger partial charge in [0.25, 0.3) is 11.7 Å². The van der Waals surface area contributed by atoms with E-state index < -0.39 is 5.91 Å². The number of hydrogen-bond acceptors (Lipinski definition) is 7. The number of amides is 2. The first-order valence-corrected chi connectivity index (χ1v) is 11.2. The lowest BCUT2D eigenvalue weighted by Gasteiger charge is -2.18. The molecule has 0 radical (unpaired) electrons. The Morgan fingerprint density at radius 3 is 2.93 bits per heavy atom. The molecule has 4 rings (SSSR count). The molecule has 3 N–H and O–H groups in total. The zero-order valence-corrected chi connectivity index (χ0v) is 18.1. The van der Waals surface area contributed by atoms with Crippen LogP contribution in [-0.4, -0.2) is 37.1 Å². The zero-order chi connectivity index (χ0) is 20.7. The van der Waals surface area contributed by atoms with E-state index in [0.29, 0.717) is 27.4 Å². The van der Waals surface area contributed by atoms with Gasteiger partial charge in [0.1, 0.15) is 5.00 Å². The molecule has 3 heterocycles. The second-order valence-electron chi connectivity index (χ2n) is 7.41. The highest BCUT2D eigenvalue weighted by atomic mass is 32.2. The molecule has 10 heteroatoms. The molecular formula is C19H22N6O2S2. The van der Waals surface area contributed by atoms with Crippen molar-refractivity contribution in [2.45, 2.75) is 45.2 Å². The highest BCUT2D eigenvalue weighted by molar-refractivity contribution is 7.99. The van der Waals surface area contributed by atoms with Crippen LogP contribution < -0.4 is 11.1 Å². The van der Waals surface area contributed by atoms with Crippen LogP contribution in [0.15, 0.2) is 11.2 Å². The van der Waals surface area contributed by atoms with Crippen molar-refractivity contribution in [3.8, 4) is 0 Å². The highest BCUT2D eigenvalue weighted by Gasteiger charge is 2.27. The van der Waals surface area contributed by atoms with E-state index in [0.717, 1.165) is 41.1 Å². The number of anilines is 1. The zero-order valence-electron chi connectivity index (χ0n) is 16.5. The Kier molecular flexibility index (Phi) is 5.30. The number of aromatic nitrogens is 4. The molecule has 0 aromatic carbocycles. The van der Waals surface area contributed by atoms with Gasteiger partial charge >= 0.3 is 0 Å². The average molecular weight is 431 g/mol. The van der Waals surface area contributed by atoms with Gasteiger partial charge in [-0.25, -0.2) is 4.98 Å². The summed E-state index contributed by atoms with van der Waals surface area (Å²) in [4.78, 5) is 30.1. The largest absolute Gasteiger partial charge is 0.365 e. The fourth-order valence-corrected chi connectivity index (χ4v) is 5.90. The Balaban J connectivity index is 1.50. The molecule has 0 bridgehead atoms. The Labute approximate surface area is 176 Å². The number of aryl methyl sites for hydroxylation is 2. The number of fused-ring (bicyclic) bond motifs is 2. The maximum atomic E-state index is 12.6. The smallest absolute Gasteiger partial charge is 0.256 e. The number of thiophene rings is 1. The second-order valence-corrected chi connectivity index (χ2v) is 9.46. The standard InChI is InChI=1S/C19H22N6O2S2/c1-9-4-5-12-13(6-9)29-17(15(12)16(20)27)22-14(26)8-28-19-24-23-18-21-10(2)7-11(3)25(18)19/h7,9H,4-6,8H2,1-3H3,(H2,20,27)(H,22,26)/t9-/m1/s1. The van der Waals surface area contributed by atoms with Gasteiger partial charge in [-0.15, -0.1) is 21.5 Å². The summed E-state index contributed by atoms with van der Waals surface area (Å²) in [5.74, 6) is 0.536. The molecule has 2 amide bonds. The van der Waals surface area contributed by atoms with E-state index in [4.69, 9.17) is 5.73 Å². The SMILES string of the molecule is Cc1cc(C)n2c(SCC(=O)Nc3sc4c(c3C(N)=O)CC[C@@H](C)C4)nnc2n1. The molecule has 3 aromatic heterocycles. The molecule has 8 nitrogen and oxygen atoms in total. The Morgan fingerprint density at radius 1 is 1.38 bits per heavy atom. The van der Waals surface area contributed by atoms with Crippen molar-refractivity contribution in [1.29, 1.82) is 0 Å². The number of rotatable bonds is 5. The molecule has 3 aromatic rings. The van der Waals surface area contributed by atoms with Crippen molar-refractivity contribution in [2.24, 2.45) is 11.7 Å². The van der Waals surface area contributed by atoms with E-state index in [1.807, 2.05) is 24.3 Å². The summed E-state index contributed by atoms with van der Waals surface area (Å²) >= 11 is 2.75. The Hall–Kier alpha value is -2.46. The molecule has 1 atom stereocenters. The molecule has 0 aliphatic heterocycles. The van der Waals surface area contributed by atoms with Crippen LogP contribution in [0.2, 0.25) is 0 Å². The van der Waals surface area contributed by atoms with Gasteiger partial charge in [0.15, 0.2) is 5.16 Å². The molecule has 0 saturated carbocycles. The van der Waals surface area contributed by atoms with E-state index in [9.17, 15) is 9.59 Å². The number of hydrogen-bond donors (Lipinski definition) is 2. The third-order valence-electron chi connectivity index (χ3n) is 5.01. The van der Waals surface area contributed by atoms with Crippen LogP contribution in [0.5, 0.6) is 0 Å². The van der Waals surface area contributed by atoms with Crippen molar-refractivity contribution in [1.82, 2.24) is 19.6 Å². The number of carbonyl (C=O) groups excluding carboxylic acids is 2. The van der Waals surface area contributed by atoms with Crippen molar-refractivity contribution in [2.75, 3.05) is 11.1 Å². The van der Waals surface area contributed by atoms with Gasteiger partial charge < -0.3 is 11.1 Å². The summed E-state index contributed by atoms with van der Waals surface area (Å²) in [5.41, 5.74) is 8.92. The lowest BCUT2D eigenvalue weighted by atomic mass is 9.88. The van der Waals surface area contributed by atoms with Crippen molar-refractivity contribution < 1.29 is 9.59 Å². The predicted octanol–water partition coefficient (Wildman–Crippen LogP) is 2.76. The number of primary amides is 1. The summed E-state index contributed by atoms with van der Waals surface area (Å²) in [6.45, 7) is 6.05. The first kappa shape index (κ1) is 19.8. The summed E-state index contributed by atoms with van der Waals surface area (Å²) in [6, 6.07) is 1.94. The van der Waals surface area contributed by atoms with Crippen LogP contribution in [0, 0.1) is 19.8 Å². The second kappa shape index (κ2) is 7.75.